The van der Waals surface area contributed by atoms with Crippen LogP contribution < -0.4 is 10.6 Å². The molecule has 0 aromatic rings. The van der Waals surface area contributed by atoms with Crippen LogP contribution in [0, 0.1) is 0 Å². The Kier molecular flexibility index (Phi) is 14.8. The Labute approximate surface area is 168 Å². The molecule has 1 aliphatic rings. The lowest BCUT2D eigenvalue weighted by molar-refractivity contribution is -0.0180. The minimum absolute atomic E-state index is 0. The molecule has 1 saturated heterocycles. The summed E-state index contributed by atoms with van der Waals surface area (Å²) in [5.74, 6) is 0.690. The summed E-state index contributed by atoms with van der Waals surface area (Å²) in [5.41, 5.74) is -0.866. The molecule has 1 atom stereocenters. The predicted molar refractivity (Wildman–Crippen MR) is 110 cm³/mol. The molecule has 0 spiro atoms. The van der Waals surface area contributed by atoms with Crippen molar-refractivity contribution in [3.8, 4) is 0 Å². The van der Waals surface area contributed by atoms with Gasteiger partial charge >= 0.3 is 0 Å². The van der Waals surface area contributed by atoms with E-state index >= 15 is 0 Å². The average Bonchev–Trinajstić information content (AvgIpc) is 2.56. The number of aliphatic imine (C=N–C) groups is 1. The van der Waals surface area contributed by atoms with Gasteiger partial charge in [-0.1, -0.05) is 0 Å². The van der Waals surface area contributed by atoms with Crippen LogP contribution in [0.15, 0.2) is 4.99 Å². The molecule has 9 heteroatoms. The number of rotatable bonds is 11. The minimum atomic E-state index is -0.866. The van der Waals surface area contributed by atoms with Crippen molar-refractivity contribution in [2.45, 2.75) is 19.4 Å². The highest BCUT2D eigenvalue weighted by Gasteiger charge is 2.25. The first-order chi connectivity index (χ1) is 11.6. The molecular weight excluding hydrogens is 439 g/mol. The van der Waals surface area contributed by atoms with Crippen LogP contribution in [0.1, 0.15) is 13.8 Å². The summed E-state index contributed by atoms with van der Waals surface area (Å²) >= 11 is 0. The summed E-state index contributed by atoms with van der Waals surface area (Å²) in [4.78, 5) is 6.70. The summed E-state index contributed by atoms with van der Waals surface area (Å²) < 4.78 is 15.7. The number of aliphatic hydroxyl groups is 1. The highest BCUT2D eigenvalue weighted by atomic mass is 127. The van der Waals surface area contributed by atoms with Crippen LogP contribution in [0.3, 0.4) is 0 Å². The Morgan fingerprint density at radius 1 is 1.24 bits per heavy atom. The maximum absolute atomic E-state index is 10.6. The Morgan fingerprint density at radius 2 is 1.96 bits per heavy atom. The van der Waals surface area contributed by atoms with Crippen molar-refractivity contribution in [3.05, 3.63) is 0 Å². The number of nitrogens with one attached hydrogen (secondary N) is 2. The molecule has 1 unspecified atom stereocenters. The second kappa shape index (κ2) is 14.9. The van der Waals surface area contributed by atoms with Crippen molar-refractivity contribution in [1.29, 1.82) is 0 Å². The number of nitrogens with zero attached hydrogens (tertiary/aromatic N) is 2. The Bertz CT molecular complexity index is 353. The zero-order valence-electron chi connectivity index (χ0n) is 15.8. The zero-order valence-corrected chi connectivity index (χ0v) is 18.1. The normalized spacial score (nSPS) is 18.3. The molecule has 0 saturated carbocycles. The number of morpholine rings is 1. The summed E-state index contributed by atoms with van der Waals surface area (Å²) in [6.07, 6.45) is 0. The van der Waals surface area contributed by atoms with Crippen molar-refractivity contribution in [1.82, 2.24) is 15.5 Å². The molecule has 0 bridgehead atoms. The number of guanidine groups is 1. The Morgan fingerprint density at radius 3 is 2.60 bits per heavy atom. The van der Waals surface area contributed by atoms with Crippen LogP contribution >= 0.6 is 24.0 Å². The van der Waals surface area contributed by atoms with E-state index in [0.717, 1.165) is 32.8 Å². The fourth-order valence-electron chi connectivity index (χ4n) is 2.37. The molecule has 1 fully saturated rings. The molecular formula is C16H35IN4O4. The second-order valence-corrected chi connectivity index (χ2v) is 6.11. The summed E-state index contributed by atoms with van der Waals surface area (Å²) in [6.45, 7) is 11.1. The molecule has 0 aliphatic carbocycles. The molecule has 0 aromatic heterocycles. The number of halogens is 1. The fourth-order valence-corrected chi connectivity index (χ4v) is 2.37. The van der Waals surface area contributed by atoms with Crippen LogP contribution in [0.2, 0.25) is 0 Å². The van der Waals surface area contributed by atoms with Gasteiger partial charge < -0.3 is 30.0 Å². The summed E-state index contributed by atoms with van der Waals surface area (Å²) in [7, 11) is 1.65. The van der Waals surface area contributed by atoms with Crippen LogP contribution in [-0.4, -0.2) is 101 Å². The van der Waals surface area contributed by atoms with Gasteiger partial charge in [0.05, 0.1) is 45.2 Å². The Hall–Kier alpha value is -0.200. The van der Waals surface area contributed by atoms with Gasteiger partial charge in [-0.05, 0) is 13.8 Å². The molecule has 0 aromatic carbocycles. The largest absolute Gasteiger partial charge is 0.387 e. The number of β-amino-alcohol motifs (C(OH)–C–C–N with tert-alkyl or cyclic N) is 1. The van der Waals surface area contributed by atoms with Crippen molar-refractivity contribution in [3.63, 3.8) is 0 Å². The number of methoxy groups -OCH3 is 1. The lowest BCUT2D eigenvalue weighted by Crippen LogP contribution is -2.48. The van der Waals surface area contributed by atoms with Gasteiger partial charge in [-0.2, -0.15) is 0 Å². The first-order valence-electron chi connectivity index (χ1n) is 8.69. The van der Waals surface area contributed by atoms with Crippen molar-refractivity contribution in [2.75, 3.05) is 79.4 Å². The van der Waals surface area contributed by atoms with Gasteiger partial charge in [0.25, 0.3) is 0 Å². The molecule has 150 valence electrons. The highest BCUT2D eigenvalue weighted by Crippen LogP contribution is 2.09. The van der Waals surface area contributed by atoms with E-state index in [1.54, 1.807) is 7.11 Å². The van der Waals surface area contributed by atoms with Gasteiger partial charge in [0, 0.05) is 39.8 Å². The third kappa shape index (κ3) is 12.7. The Balaban J connectivity index is 0.00000576. The monoisotopic (exact) mass is 474 g/mol. The smallest absolute Gasteiger partial charge is 0.191 e. The third-order valence-corrected chi connectivity index (χ3v) is 3.56. The maximum atomic E-state index is 10.6. The van der Waals surface area contributed by atoms with E-state index in [1.165, 1.54) is 0 Å². The molecule has 1 heterocycles. The van der Waals surface area contributed by atoms with Crippen LogP contribution in [-0.2, 0) is 14.2 Å². The van der Waals surface area contributed by atoms with Crippen LogP contribution in [0.25, 0.3) is 0 Å². The van der Waals surface area contributed by atoms with E-state index in [2.05, 4.69) is 20.5 Å². The van der Waals surface area contributed by atoms with E-state index in [9.17, 15) is 5.11 Å². The molecule has 0 radical (unpaired) electrons. The topological polar surface area (TPSA) is 87.6 Å². The van der Waals surface area contributed by atoms with Gasteiger partial charge in [-0.25, -0.2) is 0 Å². The second-order valence-electron chi connectivity index (χ2n) is 6.11. The quantitative estimate of drug-likeness (QED) is 0.167. The van der Waals surface area contributed by atoms with Crippen molar-refractivity contribution in [2.24, 2.45) is 4.99 Å². The average molecular weight is 474 g/mol. The highest BCUT2D eigenvalue weighted by molar-refractivity contribution is 14.0. The summed E-state index contributed by atoms with van der Waals surface area (Å²) in [6, 6.07) is 0. The lowest BCUT2D eigenvalue weighted by Gasteiger charge is -2.33. The minimum Gasteiger partial charge on any atom is -0.387 e. The van der Waals surface area contributed by atoms with Gasteiger partial charge in [0.2, 0.25) is 0 Å². The van der Waals surface area contributed by atoms with E-state index in [0.29, 0.717) is 45.4 Å². The van der Waals surface area contributed by atoms with Gasteiger partial charge in [0.1, 0.15) is 0 Å². The molecule has 8 nitrogen and oxygen atoms in total. The van der Waals surface area contributed by atoms with E-state index < -0.39 is 5.60 Å². The first kappa shape index (κ1) is 24.8. The van der Waals surface area contributed by atoms with Gasteiger partial charge in [0.15, 0.2) is 5.96 Å². The zero-order chi connectivity index (χ0) is 17.7. The van der Waals surface area contributed by atoms with Crippen LogP contribution in [0.4, 0.5) is 0 Å². The number of ether oxygens (including phenoxy) is 3. The standard InChI is InChI=1S/C16H34N4O4.HI/c1-4-17-15(18-5-8-23-12-11-22-3)19-13-16(2,21)14-20-6-9-24-10-7-20;/h21H,4-14H2,1-3H3,(H2,17,18,19);1H. The maximum Gasteiger partial charge on any atom is 0.191 e. The molecule has 3 N–H and O–H groups in total. The fraction of sp³-hybridized carbons (Fsp3) is 0.938. The van der Waals surface area contributed by atoms with E-state index in [-0.39, 0.29) is 24.0 Å². The van der Waals surface area contributed by atoms with Crippen molar-refractivity contribution < 1.29 is 19.3 Å². The van der Waals surface area contributed by atoms with Gasteiger partial charge in [-0.15, -0.1) is 24.0 Å². The first-order valence-corrected chi connectivity index (χ1v) is 8.69. The van der Waals surface area contributed by atoms with E-state index in [1.807, 2.05) is 13.8 Å². The molecule has 1 aliphatic heterocycles. The molecule has 0 amide bonds. The SMILES string of the molecule is CCNC(=NCC(C)(O)CN1CCOCC1)NCCOCCOC.I. The van der Waals surface area contributed by atoms with Gasteiger partial charge in [-0.3, -0.25) is 9.89 Å². The molecule has 1 rings (SSSR count). The van der Waals surface area contributed by atoms with Crippen LogP contribution in [0.5, 0.6) is 0 Å². The van der Waals surface area contributed by atoms with Crippen molar-refractivity contribution >= 4 is 29.9 Å². The number of hydrogen-bond acceptors (Lipinski definition) is 6. The third-order valence-electron chi connectivity index (χ3n) is 3.56. The summed E-state index contributed by atoms with van der Waals surface area (Å²) in [5, 5.41) is 16.9. The lowest BCUT2D eigenvalue weighted by atomic mass is 10.1. The molecule has 25 heavy (non-hydrogen) atoms. The van der Waals surface area contributed by atoms with E-state index in [4.69, 9.17) is 14.2 Å². The number of hydrogen-bond donors (Lipinski definition) is 3. The predicted octanol–water partition coefficient (Wildman–Crippen LogP) is -0.0943.